The van der Waals surface area contributed by atoms with E-state index < -0.39 is 4.92 Å². The second kappa shape index (κ2) is 5.87. The highest BCUT2D eigenvalue weighted by Crippen LogP contribution is 2.26. The Balaban J connectivity index is 2.23. The predicted octanol–water partition coefficient (Wildman–Crippen LogP) is 1.80. The molecule has 2 rings (SSSR count). The maximum absolute atomic E-state index is 12.3. The van der Waals surface area contributed by atoms with Crippen molar-refractivity contribution in [2.24, 2.45) is 11.8 Å². The number of nitro groups is 1. The van der Waals surface area contributed by atoms with Crippen molar-refractivity contribution >= 4 is 17.3 Å². The Bertz CT molecular complexity index is 532. The predicted molar refractivity (Wildman–Crippen MR) is 75.2 cm³/mol. The molecule has 0 aromatic heterocycles. The minimum atomic E-state index is -0.532. The van der Waals surface area contributed by atoms with Gasteiger partial charge in [-0.05, 0) is 24.8 Å². The number of anilines is 1. The van der Waals surface area contributed by atoms with E-state index in [4.69, 9.17) is 5.84 Å². The highest BCUT2D eigenvalue weighted by molar-refractivity contribution is 6.00. The van der Waals surface area contributed by atoms with Gasteiger partial charge in [0.2, 0.25) is 0 Å². The highest BCUT2D eigenvalue weighted by Gasteiger charge is 2.26. The molecule has 20 heavy (non-hydrogen) atoms. The highest BCUT2D eigenvalue weighted by atomic mass is 16.6. The van der Waals surface area contributed by atoms with Crippen molar-refractivity contribution < 1.29 is 9.72 Å². The molecule has 1 aromatic rings. The van der Waals surface area contributed by atoms with Crippen molar-refractivity contribution in [2.45, 2.75) is 32.2 Å². The number of nitrogens with two attached hydrogens (primary N) is 1. The number of hydrogen-bond acceptors (Lipinski definition) is 5. The van der Waals surface area contributed by atoms with Crippen LogP contribution < -0.4 is 16.6 Å². The van der Waals surface area contributed by atoms with Gasteiger partial charge in [-0.3, -0.25) is 20.8 Å². The molecule has 4 N–H and O–H groups in total. The number of non-ortho nitro benzene ring substituents is 1. The van der Waals surface area contributed by atoms with Gasteiger partial charge in [-0.15, -0.1) is 0 Å². The van der Waals surface area contributed by atoms with Gasteiger partial charge in [0.15, 0.2) is 0 Å². The number of carbonyl (C=O) groups is 1. The topological polar surface area (TPSA) is 110 Å². The van der Waals surface area contributed by atoms with E-state index in [0.29, 0.717) is 11.6 Å². The van der Waals surface area contributed by atoms with Crippen LogP contribution in [0, 0.1) is 16.0 Å². The summed E-state index contributed by atoms with van der Waals surface area (Å²) in [7, 11) is 0. The summed E-state index contributed by atoms with van der Waals surface area (Å²) in [5.41, 5.74) is 2.83. The van der Waals surface area contributed by atoms with Gasteiger partial charge < -0.3 is 10.7 Å². The van der Waals surface area contributed by atoms with Crippen LogP contribution in [0.15, 0.2) is 18.2 Å². The van der Waals surface area contributed by atoms with Gasteiger partial charge in [-0.1, -0.05) is 13.3 Å². The minimum absolute atomic E-state index is 0.118. The SMILES string of the molecule is CC1CCCC1NC(=O)c1cc([N+](=O)[O-])ccc1NN. The zero-order chi connectivity index (χ0) is 14.7. The molecule has 1 aliphatic carbocycles. The number of amides is 1. The van der Waals surface area contributed by atoms with Gasteiger partial charge in [0.1, 0.15) is 0 Å². The van der Waals surface area contributed by atoms with Crippen LogP contribution in [0.1, 0.15) is 36.5 Å². The Labute approximate surface area is 116 Å². The van der Waals surface area contributed by atoms with Crippen molar-refractivity contribution in [3.05, 3.63) is 33.9 Å². The molecule has 1 fully saturated rings. The van der Waals surface area contributed by atoms with E-state index in [2.05, 4.69) is 17.7 Å². The fraction of sp³-hybridized carbons (Fsp3) is 0.462. The summed E-state index contributed by atoms with van der Waals surface area (Å²) in [5.74, 6) is 5.44. The van der Waals surface area contributed by atoms with Crippen LogP contribution >= 0.6 is 0 Å². The minimum Gasteiger partial charge on any atom is -0.349 e. The first-order valence-corrected chi connectivity index (χ1v) is 6.59. The molecular weight excluding hydrogens is 260 g/mol. The van der Waals surface area contributed by atoms with Crippen LogP contribution in [-0.4, -0.2) is 16.9 Å². The van der Waals surface area contributed by atoms with Gasteiger partial charge in [0.05, 0.1) is 16.2 Å². The van der Waals surface area contributed by atoms with Gasteiger partial charge in [-0.2, -0.15) is 0 Å². The number of nitrogen functional groups attached to an aromatic ring is 1. The monoisotopic (exact) mass is 278 g/mol. The van der Waals surface area contributed by atoms with Gasteiger partial charge in [-0.25, -0.2) is 0 Å². The largest absolute Gasteiger partial charge is 0.349 e. The quantitative estimate of drug-likeness (QED) is 0.442. The standard InChI is InChI=1S/C13H18N4O3/c1-8-3-2-4-11(8)15-13(18)10-7-9(17(19)20)5-6-12(10)16-14/h5-8,11,16H,2-4,14H2,1H3,(H,15,18). The summed E-state index contributed by atoms with van der Waals surface area (Å²) >= 11 is 0. The van der Waals surface area contributed by atoms with E-state index in [9.17, 15) is 14.9 Å². The van der Waals surface area contributed by atoms with Gasteiger partial charge >= 0.3 is 0 Å². The van der Waals surface area contributed by atoms with E-state index in [1.165, 1.54) is 18.2 Å². The maximum atomic E-state index is 12.3. The summed E-state index contributed by atoms with van der Waals surface area (Å²) in [5, 5.41) is 13.7. The summed E-state index contributed by atoms with van der Waals surface area (Å²) < 4.78 is 0. The number of hydrogen-bond donors (Lipinski definition) is 3. The first kappa shape index (κ1) is 14.3. The Kier molecular flexibility index (Phi) is 4.19. The van der Waals surface area contributed by atoms with Crippen LogP contribution in [0.5, 0.6) is 0 Å². The first-order chi connectivity index (χ1) is 9.52. The summed E-state index contributed by atoms with van der Waals surface area (Å²) in [4.78, 5) is 22.5. The molecule has 108 valence electrons. The molecule has 0 saturated heterocycles. The van der Waals surface area contributed by atoms with Crippen molar-refractivity contribution in [1.82, 2.24) is 5.32 Å². The number of nitrogens with zero attached hydrogens (tertiary/aromatic N) is 1. The fourth-order valence-electron chi connectivity index (χ4n) is 2.57. The summed E-state index contributed by atoms with van der Waals surface area (Å²) in [6.07, 6.45) is 3.11. The third-order valence-electron chi connectivity index (χ3n) is 3.79. The lowest BCUT2D eigenvalue weighted by Crippen LogP contribution is -2.37. The zero-order valence-electron chi connectivity index (χ0n) is 11.3. The molecule has 0 radical (unpaired) electrons. The number of rotatable bonds is 4. The second-order valence-corrected chi connectivity index (χ2v) is 5.12. The number of carbonyl (C=O) groups excluding carboxylic acids is 1. The molecule has 0 aliphatic heterocycles. The normalized spacial score (nSPS) is 21.5. The van der Waals surface area contributed by atoms with Crippen molar-refractivity contribution in [2.75, 3.05) is 5.43 Å². The second-order valence-electron chi connectivity index (χ2n) is 5.12. The average molecular weight is 278 g/mol. The van der Waals surface area contributed by atoms with Gasteiger partial charge in [0, 0.05) is 18.2 Å². The number of hydrazine groups is 1. The van der Waals surface area contributed by atoms with Crippen LogP contribution in [0.4, 0.5) is 11.4 Å². The Morgan fingerprint density at radius 3 is 2.75 bits per heavy atom. The molecule has 7 nitrogen and oxygen atoms in total. The lowest BCUT2D eigenvalue weighted by molar-refractivity contribution is -0.384. The van der Waals surface area contributed by atoms with Gasteiger partial charge in [0.25, 0.3) is 11.6 Å². The number of nitrogens with one attached hydrogen (secondary N) is 2. The molecule has 2 atom stereocenters. The Hall–Kier alpha value is -2.15. The van der Waals surface area contributed by atoms with Crippen LogP contribution in [0.3, 0.4) is 0 Å². The Morgan fingerprint density at radius 2 is 2.20 bits per heavy atom. The van der Waals surface area contributed by atoms with Crippen LogP contribution in [-0.2, 0) is 0 Å². The molecule has 1 saturated carbocycles. The molecule has 1 amide bonds. The van der Waals surface area contributed by atoms with E-state index in [1.54, 1.807) is 0 Å². The molecule has 0 bridgehead atoms. The Morgan fingerprint density at radius 1 is 1.45 bits per heavy atom. The fourth-order valence-corrected chi connectivity index (χ4v) is 2.57. The molecule has 0 spiro atoms. The third kappa shape index (κ3) is 2.88. The van der Waals surface area contributed by atoms with E-state index in [0.717, 1.165) is 19.3 Å². The van der Waals surface area contributed by atoms with E-state index in [-0.39, 0.29) is 23.2 Å². The lowest BCUT2D eigenvalue weighted by atomic mass is 10.1. The van der Waals surface area contributed by atoms with Crippen LogP contribution in [0.25, 0.3) is 0 Å². The number of benzene rings is 1. The molecule has 1 aromatic carbocycles. The third-order valence-corrected chi connectivity index (χ3v) is 3.79. The zero-order valence-corrected chi connectivity index (χ0v) is 11.3. The van der Waals surface area contributed by atoms with Crippen molar-refractivity contribution in [3.8, 4) is 0 Å². The smallest absolute Gasteiger partial charge is 0.270 e. The van der Waals surface area contributed by atoms with Crippen LogP contribution in [0.2, 0.25) is 0 Å². The average Bonchev–Trinajstić information content (AvgIpc) is 2.83. The lowest BCUT2D eigenvalue weighted by Gasteiger charge is -2.18. The number of nitro benzene ring substituents is 1. The summed E-state index contributed by atoms with van der Waals surface area (Å²) in [6.45, 7) is 2.09. The molecule has 0 heterocycles. The van der Waals surface area contributed by atoms with Crippen molar-refractivity contribution in [3.63, 3.8) is 0 Å². The molecular formula is C13H18N4O3. The van der Waals surface area contributed by atoms with E-state index >= 15 is 0 Å². The first-order valence-electron chi connectivity index (χ1n) is 6.59. The maximum Gasteiger partial charge on any atom is 0.270 e. The molecule has 2 unspecified atom stereocenters. The molecule has 7 heteroatoms. The summed E-state index contributed by atoms with van der Waals surface area (Å²) in [6, 6.07) is 4.10. The van der Waals surface area contributed by atoms with Crippen molar-refractivity contribution in [1.29, 1.82) is 0 Å². The van der Waals surface area contributed by atoms with E-state index in [1.807, 2.05) is 0 Å². The molecule has 1 aliphatic rings.